The minimum absolute atomic E-state index is 0.0319. The molecule has 0 amide bonds. The van der Waals surface area contributed by atoms with Crippen molar-refractivity contribution in [3.8, 4) is 11.1 Å². The van der Waals surface area contributed by atoms with E-state index in [9.17, 15) is 4.79 Å². The molecule has 10 rings (SSSR count). The van der Waals surface area contributed by atoms with Gasteiger partial charge in [-0.1, -0.05) is 170 Å². The summed E-state index contributed by atoms with van der Waals surface area (Å²) in [5.74, 6) is 0.910. The molecule has 0 aliphatic carbocycles. The predicted molar refractivity (Wildman–Crippen MR) is 226 cm³/mol. The lowest BCUT2D eigenvalue weighted by atomic mass is 9.92. The number of hydrogen-bond acceptors (Lipinski definition) is 4. The minimum atomic E-state index is 0.0319. The van der Waals surface area contributed by atoms with Crippen molar-refractivity contribution in [2.24, 2.45) is 9.98 Å². The quantitative estimate of drug-likeness (QED) is 0.139. The summed E-state index contributed by atoms with van der Waals surface area (Å²) >= 11 is 0. The molecule has 0 unspecified atom stereocenters. The number of rotatable bonds is 6. The van der Waals surface area contributed by atoms with Crippen LogP contribution in [0.5, 0.6) is 0 Å². The second-order valence-corrected chi connectivity index (χ2v) is 13.4. The Hall–Kier alpha value is -7.17. The summed E-state index contributed by atoms with van der Waals surface area (Å²) in [4.78, 5) is 21.7. The van der Waals surface area contributed by atoms with E-state index in [4.69, 9.17) is 9.98 Å². The lowest BCUT2D eigenvalue weighted by molar-refractivity contribution is 0.104. The summed E-state index contributed by atoms with van der Waals surface area (Å²) in [6, 6.07) is 62.0. The van der Waals surface area contributed by atoms with Gasteiger partial charge in [-0.25, -0.2) is 4.99 Å². The first-order chi connectivity index (χ1) is 26.7. The highest BCUT2D eigenvalue weighted by molar-refractivity contribution is 6.19. The second kappa shape index (κ2) is 14.5. The molecule has 8 aromatic rings. The lowest BCUT2D eigenvalue weighted by Gasteiger charge is -2.19. The zero-order valence-corrected chi connectivity index (χ0v) is 29.5. The van der Waals surface area contributed by atoms with Gasteiger partial charge in [0.1, 0.15) is 5.84 Å². The number of amidine groups is 1. The molecule has 0 aromatic heterocycles. The summed E-state index contributed by atoms with van der Waals surface area (Å²) in [5.41, 5.74) is 12.0. The highest BCUT2D eigenvalue weighted by atomic mass is 16.1. The van der Waals surface area contributed by atoms with E-state index in [2.05, 4.69) is 127 Å². The predicted octanol–water partition coefficient (Wildman–Crippen LogP) is 12.4. The molecule has 2 aliphatic heterocycles. The second-order valence-electron chi connectivity index (χ2n) is 13.4. The highest BCUT2D eigenvalue weighted by Crippen LogP contribution is 2.37. The number of nitrogens with zero attached hydrogens (tertiary/aromatic N) is 2. The molecule has 4 heteroatoms. The first-order valence-electron chi connectivity index (χ1n) is 18.2. The number of aliphatic imine (C=N–C) groups is 2. The van der Waals surface area contributed by atoms with Gasteiger partial charge < -0.3 is 5.32 Å². The van der Waals surface area contributed by atoms with Gasteiger partial charge in [0.25, 0.3) is 0 Å². The Kier molecular flexibility index (Phi) is 8.76. The standard InChI is InChI=1S/C35H23N3.C15H12O/c1-5-25-6-2-10-29-33(25)28(9-1)21-32(36-29)24-17-13-22(14-18-24)23-15-19-27(20-16-23)35-37-30-11-3-7-26-8-4-12-31(38-35)34(26)30;16-15(14-9-5-2-6-10-14)12-11-13-7-3-1-4-8-13/h1-20H,21H2,(H,37,38);1-12H/b;12-11+. The largest absolute Gasteiger partial charge is 0.339 e. The van der Waals surface area contributed by atoms with Crippen LogP contribution in [0.1, 0.15) is 32.6 Å². The van der Waals surface area contributed by atoms with Crippen LogP contribution in [-0.2, 0) is 6.42 Å². The van der Waals surface area contributed by atoms with Gasteiger partial charge in [0.05, 0.1) is 17.1 Å². The van der Waals surface area contributed by atoms with Crippen LogP contribution in [0.4, 0.5) is 17.1 Å². The van der Waals surface area contributed by atoms with E-state index >= 15 is 0 Å². The summed E-state index contributed by atoms with van der Waals surface area (Å²) in [5, 5.41) is 8.46. The average Bonchev–Trinajstić information content (AvgIpc) is 3.24. The van der Waals surface area contributed by atoms with E-state index in [1.54, 1.807) is 6.08 Å². The van der Waals surface area contributed by atoms with Crippen LogP contribution >= 0.6 is 0 Å². The van der Waals surface area contributed by atoms with Crippen LogP contribution in [0.25, 0.3) is 38.7 Å². The Morgan fingerprint density at radius 3 is 1.74 bits per heavy atom. The summed E-state index contributed by atoms with van der Waals surface area (Å²) in [7, 11) is 0. The summed E-state index contributed by atoms with van der Waals surface area (Å²) in [6.45, 7) is 0. The molecular weight excluding hydrogens is 659 g/mol. The normalized spacial score (nSPS) is 12.7. The zero-order valence-electron chi connectivity index (χ0n) is 29.5. The maximum Gasteiger partial charge on any atom is 0.185 e. The van der Waals surface area contributed by atoms with Crippen molar-refractivity contribution in [2.45, 2.75) is 6.42 Å². The molecule has 0 radical (unpaired) electrons. The Bertz CT molecular complexity index is 2590. The van der Waals surface area contributed by atoms with Crippen LogP contribution in [0.15, 0.2) is 198 Å². The van der Waals surface area contributed by atoms with Crippen molar-refractivity contribution in [1.82, 2.24) is 0 Å². The summed E-state index contributed by atoms with van der Waals surface area (Å²) < 4.78 is 0. The molecule has 2 aliphatic rings. The van der Waals surface area contributed by atoms with Crippen LogP contribution in [0.2, 0.25) is 0 Å². The van der Waals surface area contributed by atoms with E-state index in [-0.39, 0.29) is 5.78 Å². The van der Waals surface area contributed by atoms with Crippen LogP contribution < -0.4 is 5.32 Å². The molecule has 0 saturated carbocycles. The number of carbonyl (C=O) groups is 1. The fraction of sp³-hybridized carbons (Fsp3) is 0.0200. The Morgan fingerprint density at radius 2 is 1.06 bits per heavy atom. The van der Waals surface area contributed by atoms with Crippen molar-refractivity contribution < 1.29 is 4.79 Å². The number of nitrogens with one attached hydrogen (secondary N) is 1. The van der Waals surface area contributed by atoms with Crippen LogP contribution in [-0.4, -0.2) is 17.3 Å². The number of ketones is 1. The molecule has 0 fully saturated rings. The van der Waals surface area contributed by atoms with Crippen LogP contribution in [0.3, 0.4) is 0 Å². The molecule has 2 heterocycles. The van der Waals surface area contributed by atoms with Crippen molar-refractivity contribution in [2.75, 3.05) is 5.32 Å². The Morgan fingerprint density at radius 1 is 0.500 bits per heavy atom. The minimum Gasteiger partial charge on any atom is -0.339 e. The lowest BCUT2D eigenvalue weighted by Crippen LogP contribution is -2.16. The van der Waals surface area contributed by atoms with Crippen molar-refractivity contribution in [3.05, 3.63) is 216 Å². The Balaban J connectivity index is 0.000000202. The average molecular weight is 694 g/mol. The molecule has 0 saturated heterocycles. The van der Waals surface area contributed by atoms with Gasteiger partial charge in [-0.05, 0) is 62.9 Å². The van der Waals surface area contributed by atoms with Gasteiger partial charge in [0.15, 0.2) is 5.78 Å². The third kappa shape index (κ3) is 6.65. The highest BCUT2D eigenvalue weighted by Gasteiger charge is 2.17. The molecule has 1 N–H and O–H groups in total. The molecule has 0 atom stereocenters. The number of benzene rings is 8. The maximum absolute atomic E-state index is 11.7. The van der Waals surface area contributed by atoms with Crippen molar-refractivity contribution in [1.29, 1.82) is 0 Å². The SMILES string of the molecule is O=C(/C=C/c1ccccc1)c1ccccc1.c1cc2c3c(cccc3c1)N=C(c1ccc(-c3ccc(C4=Nc5cccc6cccc(c56)N4)cc3)cc1)C2. The van der Waals surface area contributed by atoms with E-state index in [1.165, 1.54) is 43.8 Å². The third-order valence-electron chi connectivity index (χ3n) is 9.95. The number of carbonyl (C=O) groups excluding carboxylic acids is 1. The number of allylic oxidation sites excluding steroid dienone is 1. The molecule has 0 spiro atoms. The van der Waals surface area contributed by atoms with E-state index < -0.39 is 0 Å². The van der Waals surface area contributed by atoms with E-state index in [0.29, 0.717) is 0 Å². The van der Waals surface area contributed by atoms with Crippen molar-refractivity contribution in [3.63, 3.8) is 0 Å². The molecular formula is C50H35N3O. The first kappa shape index (κ1) is 32.7. The van der Waals surface area contributed by atoms with E-state index in [1.807, 2.05) is 66.7 Å². The Labute approximate surface area is 314 Å². The summed E-state index contributed by atoms with van der Waals surface area (Å²) in [6.07, 6.45) is 4.29. The van der Waals surface area contributed by atoms with Gasteiger partial charge >= 0.3 is 0 Å². The molecule has 54 heavy (non-hydrogen) atoms. The fourth-order valence-corrected chi connectivity index (χ4v) is 7.21. The third-order valence-corrected chi connectivity index (χ3v) is 9.95. The molecule has 4 nitrogen and oxygen atoms in total. The number of hydrogen-bond donors (Lipinski definition) is 1. The topological polar surface area (TPSA) is 53.8 Å². The molecule has 8 aromatic carbocycles. The monoisotopic (exact) mass is 693 g/mol. The fourth-order valence-electron chi connectivity index (χ4n) is 7.21. The van der Waals surface area contributed by atoms with Gasteiger partial charge in [-0.2, -0.15) is 0 Å². The smallest absolute Gasteiger partial charge is 0.185 e. The first-order valence-corrected chi connectivity index (χ1v) is 18.2. The zero-order chi connectivity index (χ0) is 36.3. The molecule has 0 bridgehead atoms. The number of anilines is 1. The van der Waals surface area contributed by atoms with Crippen molar-refractivity contribution >= 4 is 62.0 Å². The molecule has 256 valence electrons. The maximum atomic E-state index is 11.7. The van der Waals surface area contributed by atoms with Gasteiger partial charge in [0.2, 0.25) is 0 Å². The van der Waals surface area contributed by atoms with E-state index in [0.717, 1.165) is 51.7 Å². The van der Waals surface area contributed by atoms with Gasteiger partial charge in [-0.15, -0.1) is 0 Å². The van der Waals surface area contributed by atoms with Crippen LogP contribution in [0, 0.1) is 0 Å². The van der Waals surface area contributed by atoms with Gasteiger partial charge in [-0.3, -0.25) is 9.79 Å². The van der Waals surface area contributed by atoms with Gasteiger partial charge in [0, 0.05) is 34.0 Å².